The van der Waals surface area contributed by atoms with Gasteiger partial charge in [0.2, 0.25) is 0 Å². The first-order valence-corrected chi connectivity index (χ1v) is 21.5. The maximum absolute atomic E-state index is 2.53. The maximum atomic E-state index is 2.53. The van der Waals surface area contributed by atoms with E-state index < -0.39 is 0 Å². The van der Waals surface area contributed by atoms with Gasteiger partial charge in [0.1, 0.15) is 0 Å². The molecule has 1 aliphatic carbocycles. The van der Waals surface area contributed by atoms with Crippen molar-refractivity contribution in [3.05, 3.63) is 218 Å². The van der Waals surface area contributed by atoms with Gasteiger partial charge in [-0.25, -0.2) is 0 Å². The molecule has 1 aliphatic rings. The number of hydrogen-bond acceptors (Lipinski definition) is 0. The van der Waals surface area contributed by atoms with Crippen molar-refractivity contribution in [3.8, 4) is 55.9 Å². The van der Waals surface area contributed by atoms with E-state index in [0.29, 0.717) is 0 Å². The maximum Gasteiger partial charge on any atom is 0.0547 e. The SMILES string of the molecule is c1ccc2c(c1)-c1ccccc1-c1cccc(-n3c4ccccc4c4cc(-n5c6ccccc6c6ccccc65)ccc43)c1-c1cc3c4ccccc4c4ccccc4c3cc1-2. The van der Waals surface area contributed by atoms with Crippen LogP contribution in [0.15, 0.2) is 218 Å². The van der Waals surface area contributed by atoms with E-state index in [2.05, 4.69) is 228 Å². The van der Waals surface area contributed by atoms with Crippen LogP contribution in [0.1, 0.15) is 0 Å². The van der Waals surface area contributed by atoms with Crippen molar-refractivity contribution in [1.82, 2.24) is 9.13 Å². The summed E-state index contributed by atoms with van der Waals surface area (Å²) < 4.78 is 4.96. The summed E-state index contributed by atoms with van der Waals surface area (Å²) in [4.78, 5) is 0. The molecule has 11 aromatic carbocycles. The molecular weight excluding hydrogens is 749 g/mol. The van der Waals surface area contributed by atoms with Crippen LogP contribution in [0.5, 0.6) is 0 Å². The molecule has 0 radical (unpaired) electrons. The van der Waals surface area contributed by atoms with Crippen LogP contribution in [-0.2, 0) is 0 Å². The lowest BCUT2D eigenvalue weighted by atomic mass is 9.78. The Labute approximate surface area is 357 Å². The van der Waals surface area contributed by atoms with Gasteiger partial charge in [-0.2, -0.15) is 0 Å². The van der Waals surface area contributed by atoms with Gasteiger partial charge in [0.15, 0.2) is 0 Å². The smallest absolute Gasteiger partial charge is 0.0547 e. The lowest BCUT2D eigenvalue weighted by molar-refractivity contribution is 1.17. The van der Waals surface area contributed by atoms with Crippen molar-refractivity contribution in [2.75, 3.05) is 0 Å². The molecular formula is C60H36N2. The fraction of sp³-hybridized carbons (Fsp3) is 0. The molecule has 0 fully saturated rings. The molecule has 2 nitrogen and oxygen atoms in total. The van der Waals surface area contributed by atoms with Crippen LogP contribution in [0.3, 0.4) is 0 Å². The number of nitrogens with zero attached hydrogens (tertiary/aromatic N) is 2. The summed E-state index contributed by atoms with van der Waals surface area (Å²) in [7, 11) is 0. The minimum absolute atomic E-state index is 1.16. The second-order valence-electron chi connectivity index (χ2n) is 16.7. The average molecular weight is 785 g/mol. The van der Waals surface area contributed by atoms with Crippen LogP contribution in [0.4, 0.5) is 0 Å². The Bertz CT molecular complexity index is 3990. The number of rotatable bonds is 2. The molecule has 0 amide bonds. The summed E-state index contributed by atoms with van der Waals surface area (Å²) in [5.74, 6) is 0. The van der Waals surface area contributed by atoms with E-state index >= 15 is 0 Å². The molecule has 2 heteroatoms. The van der Waals surface area contributed by atoms with Crippen LogP contribution in [0.25, 0.3) is 132 Å². The van der Waals surface area contributed by atoms with Gasteiger partial charge in [0.05, 0.1) is 27.8 Å². The number of para-hydroxylation sites is 3. The number of hydrogen-bond donors (Lipinski definition) is 0. The van der Waals surface area contributed by atoms with Gasteiger partial charge in [0, 0.05) is 32.8 Å². The van der Waals surface area contributed by atoms with Gasteiger partial charge in [-0.3, -0.25) is 0 Å². The van der Waals surface area contributed by atoms with Crippen molar-refractivity contribution in [2.24, 2.45) is 0 Å². The monoisotopic (exact) mass is 784 g/mol. The fourth-order valence-corrected chi connectivity index (χ4v) is 11.1. The van der Waals surface area contributed by atoms with E-state index in [0.717, 1.165) is 11.4 Å². The number of fused-ring (bicyclic) bond motifs is 20. The molecule has 0 aliphatic heterocycles. The molecule has 0 atom stereocenters. The highest BCUT2D eigenvalue weighted by Gasteiger charge is 2.27. The quantitative estimate of drug-likeness (QED) is 0.155. The fourth-order valence-electron chi connectivity index (χ4n) is 11.1. The first-order chi connectivity index (χ1) is 30.8. The Morgan fingerprint density at radius 2 is 0.597 bits per heavy atom. The Kier molecular flexibility index (Phi) is 6.86. The van der Waals surface area contributed by atoms with Crippen LogP contribution in [0.2, 0.25) is 0 Å². The highest BCUT2D eigenvalue weighted by molar-refractivity contribution is 6.27. The highest BCUT2D eigenvalue weighted by atomic mass is 15.0. The highest BCUT2D eigenvalue weighted by Crippen LogP contribution is 2.52. The molecule has 0 saturated heterocycles. The molecule has 0 N–H and O–H groups in total. The van der Waals surface area contributed by atoms with Crippen molar-refractivity contribution >= 4 is 75.9 Å². The van der Waals surface area contributed by atoms with Gasteiger partial charge >= 0.3 is 0 Å². The van der Waals surface area contributed by atoms with E-state index in [1.54, 1.807) is 0 Å². The van der Waals surface area contributed by atoms with E-state index in [9.17, 15) is 0 Å². The molecule has 62 heavy (non-hydrogen) atoms. The van der Waals surface area contributed by atoms with Crippen molar-refractivity contribution in [2.45, 2.75) is 0 Å². The molecule has 0 saturated carbocycles. The van der Waals surface area contributed by atoms with E-state index in [1.807, 2.05) is 0 Å². The summed E-state index contributed by atoms with van der Waals surface area (Å²) in [5.41, 5.74) is 17.0. The molecule has 2 aromatic heterocycles. The van der Waals surface area contributed by atoms with E-state index in [4.69, 9.17) is 0 Å². The second kappa shape index (κ2) is 12.7. The van der Waals surface area contributed by atoms with Gasteiger partial charge in [-0.15, -0.1) is 0 Å². The summed E-state index contributed by atoms with van der Waals surface area (Å²) in [6, 6.07) is 81.4. The largest absolute Gasteiger partial charge is 0.309 e. The van der Waals surface area contributed by atoms with Crippen LogP contribution >= 0.6 is 0 Å². The third-order valence-corrected chi connectivity index (χ3v) is 13.7. The summed E-state index contributed by atoms with van der Waals surface area (Å²) >= 11 is 0. The lowest BCUT2D eigenvalue weighted by Crippen LogP contribution is -2.03. The van der Waals surface area contributed by atoms with Gasteiger partial charge in [-0.1, -0.05) is 164 Å². The van der Waals surface area contributed by atoms with Crippen LogP contribution in [0, 0.1) is 0 Å². The summed E-state index contributed by atoms with van der Waals surface area (Å²) in [6.07, 6.45) is 0. The third kappa shape index (κ3) is 4.53. The normalized spacial score (nSPS) is 12.2. The predicted octanol–water partition coefficient (Wildman–Crippen LogP) is 16.3. The topological polar surface area (TPSA) is 9.86 Å². The van der Waals surface area contributed by atoms with Crippen molar-refractivity contribution < 1.29 is 0 Å². The van der Waals surface area contributed by atoms with Gasteiger partial charge in [0.25, 0.3) is 0 Å². The zero-order chi connectivity index (χ0) is 40.5. The van der Waals surface area contributed by atoms with E-state index in [-0.39, 0.29) is 0 Å². The molecule has 14 rings (SSSR count). The molecule has 0 spiro atoms. The first-order valence-electron chi connectivity index (χ1n) is 21.5. The van der Waals surface area contributed by atoms with Gasteiger partial charge in [-0.05, 0) is 126 Å². The third-order valence-electron chi connectivity index (χ3n) is 13.7. The standard InChI is InChI=1S/C60H36N2/c1-5-20-42-38(16-1)39-17-4-8-23-45(39)52-35-50-43-21-6-2-18-40(43)41-19-3-7-22-44(41)51(50)36-54(52)60-49(42)27-15-31-59(60)62-57-30-14-11-26-48(57)53-34-37(32-33-58(53)62)61-55-28-12-9-24-46(55)47-25-10-13-29-56(47)61/h1-36H. The average Bonchev–Trinajstić information content (AvgIpc) is 3.85. The predicted molar refractivity (Wildman–Crippen MR) is 263 cm³/mol. The minimum Gasteiger partial charge on any atom is -0.309 e. The summed E-state index contributed by atoms with van der Waals surface area (Å²) in [5, 5.41) is 12.6. The van der Waals surface area contributed by atoms with E-state index in [1.165, 1.54) is 120 Å². The Balaban J connectivity index is 1.13. The molecule has 0 bridgehead atoms. The van der Waals surface area contributed by atoms with Crippen LogP contribution in [-0.4, -0.2) is 9.13 Å². The lowest BCUT2D eigenvalue weighted by Gasteiger charge is -2.26. The van der Waals surface area contributed by atoms with Gasteiger partial charge < -0.3 is 9.13 Å². The second-order valence-corrected chi connectivity index (χ2v) is 16.7. The van der Waals surface area contributed by atoms with Crippen molar-refractivity contribution in [3.63, 3.8) is 0 Å². The zero-order valence-corrected chi connectivity index (χ0v) is 33.7. The Morgan fingerprint density at radius 1 is 0.210 bits per heavy atom. The minimum atomic E-state index is 1.16. The number of aromatic nitrogens is 2. The zero-order valence-electron chi connectivity index (χ0n) is 33.7. The Morgan fingerprint density at radius 3 is 1.16 bits per heavy atom. The van der Waals surface area contributed by atoms with Crippen LogP contribution < -0.4 is 0 Å². The molecule has 2 heterocycles. The number of benzene rings is 11. The molecule has 286 valence electrons. The molecule has 13 aromatic rings. The first kappa shape index (κ1) is 33.6. The molecule has 0 unspecified atom stereocenters. The Hall–Kier alpha value is -8.20. The van der Waals surface area contributed by atoms with Crippen molar-refractivity contribution in [1.29, 1.82) is 0 Å². The summed E-state index contributed by atoms with van der Waals surface area (Å²) in [6.45, 7) is 0.